The van der Waals surface area contributed by atoms with Crippen LogP contribution in [0.3, 0.4) is 0 Å². The van der Waals surface area contributed by atoms with Crippen LogP contribution in [-0.4, -0.2) is 75.5 Å². The van der Waals surface area contributed by atoms with Gasteiger partial charge < -0.3 is 49.7 Å². The molecule has 19 heteroatoms. The van der Waals surface area contributed by atoms with E-state index in [1.807, 2.05) is 6.07 Å². The first kappa shape index (κ1) is 52.2. The van der Waals surface area contributed by atoms with Gasteiger partial charge in [0.05, 0.1) is 70.1 Å². The maximum atomic E-state index is 15.0. The number of ether oxygens (including phenoxy) is 2. The summed E-state index contributed by atoms with van der Waals surface area (Å²) in [6, 6.07) is 5.96. The monoisotopic (exact) mass is 1090 g/mol. The van der Waals surface area contributed by atoms with Gasteiger partial charge in [0.25, 0.3) is 11.1 Å². The fraction of sp³-hybridized carbons (Fsp3) is 0.475. The van der Waals surface area contributed by atoms with Crippen molar-refractivity contribution in [2.75, 3.05) is 0 Å². The van der Waals surface area contributed by atoms with Crippen LogP contribution in [0.4, 0.5) is 4.39 Å². The van der Waals surface area contributed by atoms with E-state index in [9.17, 15) is 49.2 Å². The summed E-state index contributed by atoms with van der Waals surface area (Å²) in [5.74, 6) is -1.96. The Balaban J connectivity index is 0.000000151. The van der Waals surface area contributed by atoms with Gasteiger partial charge in [-0.15, -0.1) is 0 Å². The van der Waals surface area contributed by atoms with E-state index in [0.717, 1.165) is 81.8 Å². The van der Waals surface area contributed by atoms with Crippen molar-refractivity contribution < 1.29 is 53.5 Å². The minimum atomic E-state index is -1.96. The standard InChI is InChI=1S/C31H33N3O6.C30H30FN3O6/c1-4-31(39)20-11-23-27-18(12-34(23)29(37)19(20)13-40-30(31)38)26-21(33-28(36)24(35)10-16-5-6-16)8-7-17-15(3)14(2)9-22(32-27)25(17)26;1-3-30(39)18-9-22-26-16(11-34(22)28(37)17(18)12-40-29(30)38)25-20(33-27(36)23(35)8-14-4-5-14)7-6-15-13(2)19(31)10-21(32-26)24(15)25/h9,11,16,21,24,35,39H,4-8,10,12-13H2,1-3H3,(H,33,36);9-10,14,20,23,35,39H,3-8,11-12H2,1-2H3,(H,33,36)/t21-,24+,31-;20-,23-,30-/m00/s1. The first-order valence-electron chi connectivity index (χ1n) is 28.2. The molecule has 4 aromatic heterocycles. The minimum Gasteiger partial charge on any atom is -0.458 e. The molecular weight excluding hydrogens is 1030 g/mol. The second-order valence-electron chi connectivity index (χ2n) is 23.5. The number of aliphatic hydroxyl groups is 4. The molecule has 6 N–H and O–H groups in total. The fourth-order valence-corrected chi connectivity index (χ4v) is 13.7. The summed E-state index contributed by atoms with van der Waals surface area (Å²) in [5.41, 5.74) is 7.81. The Hall–Kier alpha value is -7.19. The van der Waals surface area contributed by atoms with Gasteiger partial charge in [0.15, 0.2) is 11.2 Å². The van der Waals surface area contributed by atoms with Gasteiger partial charge in [0, 0.05) is 39.1 Å². The van der Waals surface area contributed by atoms with E-state index in [1.165, 1.54) is 17.2 Å². The number of carbonyl (C=O) groups is 4. The number of rotatable bonds is 10. The smallest absolute Gasteiger partial charge is 0.343 e. The average molecular weight is 1090 g/mol. The lowest BCUT2D eigenvalue weighted by molar-refractivity contribution is -0.172. The average Bonchev–Trinajstić information content (AvgIpc) is 4.45. The number of nitrogens with zero attached hydrogens (tertiary/aromatic N) is 4. The molecule has 14 rings (SSSR count). The Morgan fingerprint density at radius 2 is 1.06 bits per heavy atom. The SMILES string of the molecule is CC[C@@]1(O)C(=O)OCc2c1cc1n(c2=O)Cc2c-1nc1cc(C)c(C)c3c1c2[C@@H](NC(=O)[C@H](O)CC1CC1)CC3.CC[C@@]1(O)C(=O)OCc2c1cc1n(c2=O)Cc2c-1nc1cc(F)c(C)c3c1c2[C@@H](NC(=O)[C@@H](O)CC1CC1)CC3. The van der Waals surface area contributed by atoms with Crippen molar-refractivity contribution in [1.82, 2.24) is 29.7 Å². The van der Waals surface area contributed by atoms with E-state index in [2.05, 4.69) is 24.5 Å². The molecule has 2 amide bonds. The summed E-state index contributed by atoms with van der Waals surface area (Å²) in [6.07, 6.45) is 5.47. The Labute approximate surface area is 458 Å². The topological polar surface area (TPSA) is 261 Å². The predicted molar refractivity (Wildman–Crippen MR) is 288 cm³/mol. The third kappa shape index (κ3) is 7.91. The third-order valence-electron chi connectivity index (χ3n) is 18.8. The summed E-state index contributed by atoms with van der Waals surface area (Å²) in [7, 11) is 0. The third-order valence-corrected chi connectivity index (χ3v) is 18.8. The van der Waals surface area contributed by atoms with Crippen LogP contribution >= 0.6 is 0 Å². The molecule has 8 heterocycles. The van der Waals surface area contributed by atoms with Crippen LogP contribution in [0.2, 0.25) is 0 Å². The summed E-state index contributed by atoms with van der Waals surface area (Å²) in [4.78, 5) is 88.6. The number of pyridine rings is 4. The molecule has 0 unspecified atom stereocenters. The highest BCUT2D eigenvalue weighted by Gasteiger charge is 2.48. The molecular formula is C61H63FN6O12. The Morgan fingerprint density at radius 3 is 1.49 bits per heavy atom. The molecule has 18 nitrogen and oxygen atoms in total. The van der Waals surface area contributed by atoms with Gasteiger partial charge in [-0.3, -0.25) is 19.2 Å². The van der Waals surface area contributed by atoms with Crippen LogP contribution < -0.4 is 21.8 Å². The molecule has 416 valence electrons. The molecule has 6 aromatic rings. The van der Waals surface area contributed by atoms with E-state index in [4.69, 9.17) is 19.4 Å². The minimum absolute atomic E-state index is 0.0239. The molecule has 2 aromatic carbocycles. The van der Waals surface area contributed by atoms with Crippen LogP contribution in [0.25, 0.3) is 44.6 Å². The molecule has 0 radical (unpaired) electrons. The maximum Gasteiger partial charge on any atom is 0.343 e. The van der Waals surface area contributed by atoms with E-state index in [1.54, 1.807) is 42.0 Å². The first-order chi connectivity index (χ1) is 38.2. The number of hydrogen-bond donors (Lipinski definition) is 6. The van der Waals surface area contributed by atoms with Crippen molar-refractivity contribution in [3.05, 3.63) is 123 Å². The Morgan fingerprint density at radius 1 is 0.637 bits per heavy atom. The zero-order valence-electron chi connectivity index (χ0n) is 45.3. The fourth-order valence-electron chi connectivity index (χ4n) is 13.7. The second kappa shape index (κ2) is 18.7. The second-order valence-corrected chi connectivity index (χ2v) is 23.5. The number of aliphatic hydroxyl groups excluding tert-OH is 2. The summed E-state index contributed by atoms with van der Waals surface area (Å²) in [6.45, 7) is 9.23. The summed E-state index contributed by atoms with van der Waals surface area (Å²) < 4.78 is 28.6. The molecule has 6 atom stereocenters. The number of fused-ring (bicyclic) bond motifs is 10. The Kier molecular flexibility index (Phi) is 12.2. The van der Waals surface area contributed by atoms with Crippen molar-refractivity contribution in [3.8, 4) is 22.8 Å². The number of nitrogens with one attached hydrogen (secondary N) is 2. The molecule has 0 saturated heterocycles. The number of aryl methyl sites for hydroxylation is 3. The van der Waals surface area contributed by atoms with Crippen molar-refractivity contribution in [3.63, 3.8) is 0 Å². The highest BCUT2D eigenvalue weighted by Crippen LogP contribution is 2.49. The van der Waals surface area contributed by atoms with Crippen LogP contribution in [0.5, 0.6) is 0 Å². The maximum absolute atomic E-state index is 15.0. The lowest BCUT2D eigenvalue weighted by Gasteiger charge is -2.31. The van der Waals surface area contributed by atoms with Crippen molar-refractivity contribution in [1.29, 1.82) is 0 Å². The summed E-state index contributed by atoms with van der Waals surface area (Å²) in [5, 5.41) is 51.5. The van der Waals surface area contributed by atoms with Crippen LogP contribution in [-0.2, 0) is 79.0 Å². The van der Waals surface area contributed by atoms with E-state index < -0.39 is 47.3 Å². The summed E-state index contributed by atoms with van der Waals surface area (Å²) >= 11 is 0. The highest BCUT2D eigenvalue weighted by atomic mass is 19.1. The predicted octanol–water partition coefficient (Wildman–Crippen LogP) is 5.75. The van der Waals surface area contributed by atoms with Crippen LogP contribution in [0.1, 0.15) is 162 Å². The highest BCUT2D eigenvalue weighted by molar-refractivity contribution is 5.96. The molecule has 2 saturated carbocycles. The quantitative estimate of drug-likeness (QED) is 0.0892. The van der Waals surface area contributed by atoms with Crippen molar-refractivity contribution in [2.24, 2.45) is 11.8 Å². The van der Waals surface area contributed by atoms with Gasteiger partial charge in [-0.05, 0) is 141 Å². The van der Waals surface area contributed by atoms with E-state index in [0.29, 0.717) is 77.8 Å². The molecule has 0 bridgehead atoms. The number of benzene rings is 2. The zero-order chi connectivity index (χ0) is 56.2. The van der Waals surface area contributed by atoms with Gasteiger partial charge in [-0.25, -0.2) is 23.9 Å². The van der Waals surface area contributed by atoms with Gasteiger partial charge in [-0.2, -0.15) is 0 Å². The molecule has 80 heavy (non-hydrogen) atoms. The van der Waals surface area contributed by atoms with E-state index >= 15 is 4.39 Å². The number of cyclic esters (lactones) is 2. The lowest BCUT2D eigenvalue weighted by Crippen LogP contribution is -2.44. The molecule has 2 fully saturated rings. The molecule has 8 aliphatic rings. The van der Waals surface area contributed by atoms with Gasteiger partial charge in [-0.1, -0.05) is 39.5 Å². The number of hydrogen-bond acceptors (Lipinski definition) is 14. The van der Waals surface area contributed by atoms with Crippen LogP contribution in [0.15, 0.2) is 33.9 Å². The van der Waals surface area contributed by atoms with Gasteiger partial charge >= 0.3 is 11.9 Å². The van der Waals surface area contributed by atoms with E-state index in [-0.39, 0.29) is 90.3 Å². The molecule has 4 aliphatic heterocycles. The van der Waals surface area contributed by atoms with Crippen LogP contribution in [0, 0.1) is 38.4 Å². The Bertz CT molecular complexity index is 3670. The lowest BCUT2D eigenvalue weighted by atomic mass is 9.80. The number of aromatic nitrogens is 4. The number of halogens is 1. The zero-order valence-corrected chi connectivity index (χ0v) is 45.3. The van der Waals surface area contributed by atoms with Gasteiger partial charge in [0.1, 0.15) is 31.2 Å². The largest absolute Gasteiger partial charge is 0.458 e. The van der Waals surface area contributed by atoms with Gasteiger partial charge in [0.2, 0.25) is 11.8 Å². The van der Waals surface area contributed by atoms with Crippen molar-refractivity contribution in [2.45, 2.75) is 173 Å². The first-order valence-corrected chi connectivity index (χ1v) is 28.2. The number of amides is 2. The normalized spacial score (nSPS) is 23.3. The number of carbonyl (C=O) groups excluding carboxylic acids is 4. The molecule has 0 spiro atoms. The number of esters is 2. The molecule has 4 aliphatic carbocycles. The van der Waals surface area contributed by atoms with Crippen molar-refractivity contribution >= 4 is 45.6 Å².